The molecule has 8 heteroatoms. The molecule has 0 unspecified atom stereocenters. The Kier molecular flexibility index (Phi) is 9.37. The lowest BCUT2D eigenvalue weighted by Gasteiger charge is -2.08. The van der Waals surface area contributed by atoms with E-state index in [9.17, 15) is 4.79 Å². The predicted octanol–water partition coefficient (Wildman–Crippen LogP) is 5.60. The molecule has 0 aromatic heterocycles. The smallest absolute Gasteiger partial charge is 0.411 e. The van der Waals surface area contributed by atoms with Crippen LogP contribution in [0.15, 0.2) is 42.5 Å². The Hall–Kier alpha value is -1.86. The topological polar surface area (TPSA) is 70.6 Å². The van der Waals surface area contributed by atoms with Crippen LogP contribution in [0.25, 0.3) is 0 Å². The van der Waals surface area contributed by atoms with Gasteiger partial charge in [-0.1, -0.05) is 59.7 Å². The van der Waals surface area contributed by atoms with Crippen molar-refractivity contribution in [3.05, 3.63) is 63.6 Å². The molecule has 0 aliphatic carbocycles. The fraction of sp³-hybridized carbons (Fsp3) is 0.222. The van der Waals surface area contributed by atoms with Gasteiger partial charge < -0.3 is 4.74 Å². The summed E-state index contributed by atoms with van der Waals surface area (Å²) in [6.07, 6.45) is -0.509. The molecule has 0 saturated carbocycles. The summed E-state index contributed by atoms with van der Waals surface area (Å²) in [6, 6.07) is 12.7. The minimum atomic E-state index is -0.416. The van der Waals surface area contributed by atoms with Crippen LogP contribution in [0.1, 0.15) is 25.0 Å². The van der Waals surface area contributed by atoms with E-state index in [1.54, 1.807) is 12.1 Å². The maximum absolute atomic E-state index is 11.1. The van der Waals surface area contributed by atoms with Gasteiger partial charge in [-0.2, -0.15) is 0 Å². The van der Waals surface area contributed by atoms with Gasteiger partial charge in [0.05, 0.1) is 16.1 Å². The van der Waals surface area contributed by atoms with E-state index in [1.807, 2.05) is 56.6 Å². The van der Waals surface area contributed by atoms with Crippen molar-refractivity contribution in [2.24, 2.45) is 0 Å². The summed E-state index contributed by atoms with van der Waals surface area (Å²) in [4.78, 5) is 11.2. The van der Waals surface area contributed by atoms with E-state index in [0.717, 1.165) is 11.3 Å². The zero-order valence-corrected chi connectivity index (χ0v) is 16.9. The van der Waals surface area contributed by atoms with Crippen molar-refractivity contribution in [3.8, 4) is 0 Å². The highest BCUT2D eigenvalue weighted by molar-refractivity contribution is 7.80. The number of hydroxylamine groups is 1. The van der Waals surface area contributed by atoms with E-state index >= 15 is 0 Å². The van der Waals surface area contributed by atoms with Crippen LogP contribution in [0.4, 0.5) is 10.5 Å². The maximum Gasteiger partial charge on any atom is 0.411 e. The molecule has 0 heterocycles. The maximum atomic E-state index is 11.1. The molecule has 0 bridgehead atoms. The average molecular weight is 415 g/mol. The molecular weight excluding hydrogens is 395 g/mol. The van der Waals surface area contributed by atoms with Crippen LogP contribution >= 0.6 is 35.4 Å². The standard InChI is InChI=1S/C10H13NO2.C8H7Cl2NOS/c1-8(2)13-10(12)11-9-6-4-3-5-7-9;1-4-2-3-5(9)6(7(4)10)8(13)11-12/h3-8H,1-2H3,(H,11,12);2-3,12H,1H3,(H,11,13). The summed E-state index contributed by atoms with van der Waals surface area (Å²) in [5.41, 5.74) is 3.92. The highest BCUT2D eigenvalue weighted by Crippen LogP contribution is 2.27. The van der Waals surface area contributed by atoms with Gasteiger partial charge in [-0.25, -0.2) is 4.79 Å². The van der Waals surface area contributed by atoms with Crippen LogP contribution in [-0.2, 0) is 4.74 Å². The number of rotatable bonds is 3. The van der Waals surface area contributed by atoms with E-state index in [0.29, 0.717) is 15.6 Å². The quantitative estimate of drug-likeness (QED) is 0.450. The van der Waals surface area contributed by atoms with E-state index in [4.69, 9.17) is 45.4 Å². The monoisotopic (exact) mass is 414 g/mol. The number of hydrogen-bond acceptors (Lipinski definition) is 4. The van der Waals surface area contributed by atoms with E-state index in [-0.39, 0.29) is 11.1 Å². The molecule has 26 heavy (non-hydrogen) atoms. The van der Waals surface area contributed by atoms with Crippen molar-refractivity contribution >= 4 is 52.2 Å². The number of nitrogens with one attached hydrogen (secondary N) is 2. The fourth-order valence-electron chi connectivity index (χ4n) is 1.80. The third-order valence-electron chi connectivity index (χ3n) is 2.98. The van der Waals surface area contributed by atoms with E-state index in [2.05, 4.69) is 5.32 Å². The summed E-state index contributed by atoms with van der Waals surface area (Å²) >= 11 is 16.6. The molecule has 140 valence electrons. The summed E-state index contributed by atoms with van der Waals surface area (Å²) in [7, 11) is 0. The first kappa shape index (κ1) is 22.2. The molecule has 0 spiro atoms. The number of para-hydroxylation sites is 1. The summed E-state index contributed by atoms with van der Waals surface area (Å²) in [6.45, 7) is 5.46. The molecule has 2 aromatic rings. The largest absolute Gasteiger partial charge is 0.447 e. The number of anilines is 1. The van der Waals surface area contributed by atoms with Gasteiger partial charge in [-0.3, -0.25) is 16.0 Å². The van der Waals surface area contributed by atoms with Crippen LogP contribution in [0, 0.1) is 6.92 Å². The first-order chi connectivity index (χ1) is 12.3. The second-order valence-corrected chi connectivity index (χ2v) is 6.63. The number of amides is 1. The van der Waals surface area contributed by atoms with Crippen molar-refractivity contribution in [1.82, 2.24) is 5.48 Å². The lowest BCUT2D eigenvalue weighted by molar-refractivity contribution is 0.130. The molecule has 0 aliphatic heterocycles. The fourth-order valence-corrected chi connectivity index (χ4v) is 2.69. The van der Waals surface area contributed by atoms with Crippen LogP contribution in [0.2, 0.25) is 10.0 Å². The Labute approximate surface area is 168 Å². The second kappa shape index (κ2) is 11.0. The zero-order valence-electron chi connectivity index (χ0n) is 14.5. The minimum Gasteiger partial charge on any atom is -0.447 e. The summed E-state index contributed by atoms with van der Waals surface area (Å²) < 4.78 is 4.90. The predicted molar refractivity (Wildman–Crippen MR) is 110 cm³/mol. The van der Waals surface area contributed by atoms with Crippen LogP contribution < -0.4 is 10.8 Å². The third kappa shape index (κ3) is 7.17. The number of carbonyl (C=O) groups is 1. The van der Waals surface area contributed by atoms with Crippen LogP contribution in [0.5, 0.6) is 0 Å². The number of thiocarbonyl (C=S) groups is 1. The van der Waals surface area contributed by atoms with Gasteiger partial charge in [0.25, 0.3) is 0 Å². The van der Waals surface area contributed by atoms with Gasteiger partial charge in [0, 0.05) is 11.3 Å². The van der Waals surface area contributed by atoms with Crippen LogP contribution in [-0.4, -0.2) is 22.4 Å². The third-order valence-corrected chi connectivity index (χ3v) is 4.07. The minimum absolute atomic E-state index is 0.0938. The van der Waals surface area contributed by atoms with E-state index < -0.39 is 6.09 Å². The molecule has 0 saturated heterocycles. The zero-order chi connectivity index (χ0) is 19.7. The van der Waals surface area contributed by atoms with Crippen molar-refractivity contribution in [1.29, 1.82) is 0 Å². The highest BCUT2D eigenvalue weighted by atomic mass is 35.5. The van der Waals surface area contributed by atoms with Crippen molar-refractivity contribution in [3.63, 3.8) is 0 Å². The van der Waals surface area contributed by atoms with Crippen LogP contribution in [0.3, 0.4) is 0 Å². The summed E-state index contributed by atoms with van der Waals surface area (Å²) in [5, 5.41) is 12.1. The molecule has 0 atom stereocenters. The number of ether oxygens (including phenoxy) is 1. The van der Waals surface area contributed by atoms with Gasteiger partial charge in [0.1, 0.15) is 4.99 Å². The van der Waals surface area contributed by atoms with Gasteiger partial charge in [0.15, 0.2) is 0 Å². The second-order valence-electron chi connectivity index (χ2n) is 5.44. The molecule has 2 aromatic carbocycles. The Balaban J connectivity index is 0.000000260. The Morgan fingerprint density at radius 3 is 2.31 bits per heavy atom. The Bertz CT molecular complexity index is 756. The molecule has 2 rings (SSSR count). The molecular formula is C18H20Cl2N2O3S. The Morgan fingerprint density at radius 1 is 1.15 bits per heavy atom. The van der Waals surface area contributed by atoms with Crippen molar-refractivity contribution in [2.75, 3.05) is 5.32 Å². The molecule has 0 aliphatic rings. The first-order valence-electron chi connectivity index (χ1n) is 7.68. The number of halogens is 2. The number of benzene rings is 2. The highest BCUT2D eigenvalue weighted by Gasteiger charge is 2.12. The average Bonchev–Trinajstić information content (AvgIpc) is 2.59. The molecule has 5 nitrogen and oxygen atoms in total. The number of carbonyl (C=O) groups excluding carboxylic acids is 1. The normalized spacial score (nSPS) is 9.81. The summed E-state index contributed by atoms with van der Waals surface area (Å²) in [5.74, 6) is 0. The lowest BCUT2D eigenvalue weighted by atomic mass is 10.1. The SMILES string of the molecule is CC(C)OC(=O)Nc1ccccc1.Cc1ccc(Cl)c(C(=S)NO)c1Cl. The van der Waals surface area contributed by atoms with Gasteiger partial charge in [0.2, 0.25) is 0 Å². The lowest BCUT2D eigenvalue weighted by Crippen LogP contribution is -2.18. The Morgan fingerprint density at radius 2 is 1.77 bits per heavy atom. The molecule has 1 amide bonds. The number of aryl methyl sites for hydroxylation is 1. The molecule has 3 N–H and O–H groups in total. The van der Waals surface area contributed by atoms with Gasteiger partial charge in [-0.05, 0) is 44.5 Å². The van der Waals surface area contributed by atoms with Crippen molar-refractivity contribution < 1.29 is 14.7 Å². The van der Waals surface area contributed by atoms with Crippen molar-refractivity contribution in [2.45, 2.75) is 26.9 Å². The van der Waals surface area contributed by atoms with E-state index in [1.165, 1.54) is 0 Å². The van der Waals surface area contributed by atoms with Gasteiger partial charge >= 0.3 is 6.09 Å². The first-order valence-corrected chi connectivity index (χ1v) is 8.84. The number of hydrogen-bond donors (Lipinski definition) is 3. The molecule has 0 radical (unpaired) electrons. The van der Waals surface area contributed by atoms with Gasteiger partial charge in [-0.15, -0.1) is 0 Å². The molecule has 0 fully saturated rings.